The highest BCUT2D eigenvalue weighted by Crippen LogP contribution is 2.37. The third kappa shape index (κ3) is 4.89. The summed E-state index contributed by atoms with van der Waals surface area (Å²) in [5.41, 5.74) is 6.91. The Morgan fingerprint density at radius 2 is 1.69 bits per heavy atom. The molecule has 0 spiro atoms. The molecule has 1 N–H and O–H groups in total. The molecule has 158 valence electrons. The van der Waals surface area contributed by atoms with E-state index in [0.29, 0.717) is 0 Å². The van der Waals surface area contributed by atoms with E-state index in [9.17, 15) is 0 Å². The number of aromatic nitrogens is 2. The lowest BCUT2D eigenvalue weighted by Crippen LogP contribution is -2.20. The van der Waals surface area contributed by atoms with Crippen molar-refractivity contribution in [2.24, 2.45) is 0 Å². The summed E-state index contributed by atoms with van der Waals surface area (Å²) in [5, 5.41) is 3.54. The standard InChI is InChI=1S/C24H35N3O2/c1-6-20-23(19-14-17-10-8-9-11-18(17)15-22(19)29-5)26-21(7-2)24(27-20)25-16(3)12-13-28-4/h14-16H,6-13H2,1-5H3,(H,25,27). The van der Waals surface area contributed by atoms with Crippen LogP contribution in [0, 0.1) is 0 Å². The van der Waals surface area contributed by atoms with E-state index in [4.69, 9.17) is 19.4 Å². The first-order valence-electron chi connectivity index (χ1n) is 11.0. The van der Waals surface area contributed by atoms with Crippen LogP contribution in [-0.4, -0.2) is 36.8 Å². The number of benzene rings is 1. The Morgan fingerprint density at radius 1 is 1.00 bits per heavy atom. The van der Waals surface area contributed by atoms with E-state index < -0.39 is 0 Å². The Hall–Kier alpha value is -2.14. The zero-order valence-corrected chi connectivity index (χ0v) is 18.6. The molecule has 0 saturated heterocycles. The monoisotopic (exact) mass is 397 g/mol. The third-order valence-corrected chi connectivity index (χ3v) is 5.77. The maximum absolute atomic E-state index is 5.78. The summed E-state index contributed by atoms with van der Waals surface area (Å²) in [6.45, 7) is 7.16. The molecule has 29 heavy (non-hydrogen) atoms. The van der Waals surface area contributed by atoms with Gasteiger partial charge in [-0.2, -0.15) is 0 Å². The van der Waals surface area contributed by atoms with Crippen LogP contribution in [0.25, 0.3) is 11.3 Å². The molecule has 0 saturated carbocycles. The Morgan fingerprint density at radius 3 is 2.31 bits per heavy atom. The predicted octanol–water partition coefficient (Wildman–Crippen LogP) is 4.99. The van der Waals surface area contributed by atoms with Crippen LogP contribution in [0.5, 0.6) is 5.75 Å². The van der Waals surface area contributed by atoms with Gasteiger partial charge in [0.05, 0.1) is 24.2 Å². The molecular weight excluding hydrogens is 362 g/mol. The molecule has 0 fully saturated rings. The first kappa shape index (κ1) is 21.6. The molecule has 1 unspecified atom stereocenters. The van der Waals surface area contributed by atoms with Gasteiger partial charge in [0.15, 0.2) is 0 Å². The average Bonchev–Trinajstić information content (AvgIpc) is 2.76. The van der Waals surface area contributed by atoms with E-state index in [1.165, 1.54) is 24.0 Å². The van der Waals surface area contributed by atoms with Gasteiger partial charge in [0.1, 0.15) is 11.6 Å². The topological polar surface area (TPSA) is 56.3 Å². The number of ether oxygens (including phenoxy) is 2. The molecule has 1 aliphatic carbocycles. The second-order valence-corrected chi connectivity index (χ2v) is 7.88. The van der Waals surface area contributed by atoms with Gasteiger partial charge in [0.25, 0.3) is 0 Å². The normalized spacial score (nSPS) is 14.4. The van der Waals surface area contributed by atoms with Crippen LogP contribution in [0.3, 0.4) is 0 Å². The molecule has 1 aromatic heterocycles. The van der Waals surface area contributed by atoms with Gasteiger partial charge in [-0.15, -0.1) is 0 Å². The zero-order valence-electron chi connectivity index (χ0n) is 18.6. The number of fused-ring (bicyclic) bond motifs is 1. The number of anilines is 1. The minimum atomic E-state index is 0.281. The maximum Gasteiger partial charge on any atom is 0.148 e. The number of nitrogens with one attached hydrogen (secondary N) is 1. The van der Waals surface area contributed by atoms with Gasteiger partial charge in [-0.3, -0.25) is 0 Å². The second-order valence-electron chi connectivity index (χ2n) is 7.88. The zero-order chi connectivity index (χ0) is 20.8. The number of methoxy groups -OCH3 is 2. The molecule has 5 heteroatoms. The van der Waals surface area contributed by atoms with Crippen molar-refractivity contribution in [3.8, 4) is 17.0 Å². The Balaban J connectivity index is 2.03. The van der Waals surface area contributed by atoms with Crippen LogP contribution in [0.15, 0.2) is 12.1 Å². The van der Waals surface area contributed by atoms with Crippen molar-refractivity contribution < 1.29 is 9.47 Å². The number of hydrogen-bond acceptors (Lipinski definition) is 5. The van der Waals surface area contributed by atoms with Crippen LogP contribution in [-0.2, 0) is 30.4 Å². The number of hydrogen-bond donors (Lipinski definition) is 1. The molecule has 1 aliphatic rings. The first-order valence-corrected chi connectivity index (χ1v) is 11.0. The molecule has 1 atom stereocenters. The summed E-state index contributed by atoms with van der Waals surface area (Å²) in [5.74, 6) is 1.81. The fraction of sp³-hybridized carbons (Fsp3) is 0.583. The van der Waals surface area contributed by atoms with E-state index >= 15 is 0 Å². The Bertz CT molecular complexity index is 835. The second kappa shape index (κ2) is 10.1. The minimum Gasteiger partial charge on any atom is -0.496 e. The lowest BCUT2D eigenvalue weighted by Gasteiger charge is -2.22. The molecular formula is C24H35N3O2. The number of nitrogens with zero attached hydrogens (tertiary/aromatic N) is 2. The van der Waals surface area contributed by atoms with Crippen molar-refractivity contribution in [2.45, 2.75) is 71.8 Å². The van der Waals surface area contributed by atoms with Gasteiger partial charge in [-0.25, -0.2) is 9.97 Å². The summed E-state index contributed by atoms with van der Waals surface area (Å²) in [4.78, 5) is 10.1. The first-order chi connectivity index (χ1) is 14.1. The lowest BCUT2D eigenvalue weighted by molar-refractivity contribution is 0.191. The number of rotatable bonds is 9. The molecule has 1 aromatic carbocycles. The van der Waals surface area contributed by atoms with E-state index in [2.05, 4.69) is 38.2 Å². The maximum atomic E-state index is 5.78. The minimum absolute atomic E-state index is 0.281. The van der Waals surface area contributed by atoms with E-state index in [0.717, 1.165) is 72.9 Å². The average molecular weight is 398 g/mol. The van der Waals surface area contributed by atoms with Crippen molar-refractivity contribution in [1.82, 2.24) is 9.97 Å². The highest BCUT2D eigenvalue weighted by Gasteiger charge is 2.20. The molecule has 0 radical (unpaired) electrons. The van der Waals surface area contributed by atoms with Crippen LogP contribution in [0.4, 0.5) is 5.82 Å². The molecule has 3 rings (SSSR count). The molecule has 0 amide bonds. The van der Waals surface area contributed by atoms with Crippen LogP contribution >= 0.6 is 0 Å². The highest BCUT2D eigenvalue weighted by atomic mass is 16.5. The van der Waals surface area contributed by atoms with E-state index in [1.807, 2.05) is 0 Å². The smallest absolute Gasteiger partial charge is 0.148 e. The van der Waals surface area contributed by atoms with Gasteiger partial charge in [0, 0.05) is 25.3 Å². The van der Waals surface area contributed by atoms with Crippen LogP contribution in [0.2, 0.25) is 0 Å². The quantitative estimate of drug-likeness (QED) is 0.646. The highest BCUT2D eigenvalue weighted by molar-refractivity contribution is 5.72. The summed E-state index contributed by atoms with van der Waals surface area (Å²) in [7, 11) is 3.49. The molecule has 1 heterocycles. The van der Waals surface area contributed by atoms with Gasteiger partial charge in [-0.1, -0.05) is 13.8 Å². The molecule has 0 bridgehead atoms. The van der Waals surface area contributed by atoms with Gasteiger partial charge >= 0.3 is 0 Å². The van der Waals surface area contributed by atoms with Crippen molar-refractivity contribution in [3.63, 3.8) is 0 Å². The fourth-order valence-electron chi connectivity index (χ4n) is 4.05. The summed E-state index contributed by atoms with van der Waals surface area (Å²) in [6.07, 6.45) is 7.39. The largest absolute Gasteiger partial charge is 0.496 e. The number of aryl methyl sites for hydroxylation is 4. The van der Waals surface area contributed by atoms with Crippen molar-refractivity contribution in [3.05, 3.63) is 34.6 Å². The Labute approximate surface area is 175 Å². The molecule has 0 aliphatic heterocycles. The van der Waals surface area contributed by atoms with Crippen LogP contribution in [0.1, 0.15) is 62.5 Å². The molecule has 5 nitrogen and oxygen atoms in total. The van der Waals surface area contributed by atoms with E-state index in [-0.39, 0.29) is 6.04 Å². The Kier molecular flexibility index (Phi) is 7.48. The van der Waals surface area contributed by atoms with Gasteiger partial charge in [0.2, 0.25) is 0 Å². The predicted molar refractivity (Wildman–Crippen MR) is 119 cm³/mol. The molecule has 2 aromatic rings. The SMILES string of the molecule is CCc1nc(-c2cc3c(cc2OC)CCCC3)c(CC)nc1NC(C)CCOC. The summed E-state index contributed by atoms with van der Waals surface area (Å²) in [6, 6.07) is 4.79. The lowest BCUT2D eigenvalue weighted by atomic mass is 9.89. The van der Waals surface area contributed by atoms with Crippen molar-refractivity contribution in [1.29, 1.82) is 0 Å². The van der Waals surface area contributed by atoms with Gasteiger partial charge in [-0.05, 0) is 75.1 Å². The summed E-state index contributed by atoms with van der Waals surface area (Å²) >= 11 is 0. The third-order valence-electron chi connectivity index (χ3n) is 5.77. The van der Waals surface area contributed by atoms with Gasteiger partial charge < -0.3 is 14.8 Å². The fourth-order valence-corrected chi connectivity index (χ4v) is 4.05. The van der Waals surface area contributed by atoms with Crippen molar-refractivity contribution >= 4 is 5.82 Å². The van der Waals surface area contributed by atoms with Crippen molar-refractivity contribution in [2.75, 3.05) is 26.1 Å². The summed E-state index contributed by atoms with van der Waals surface area (Å²) < 4.78 is 11.0. The van der Waals surface area contributed by atoms with E-state index in [1.54, 1.807) is 14.2 Å². The van der Waals surface area contributed by atoms with Crippen LogP contribution < -0.4 is 10.1 Å².